The van der Waals surface area contributed by atoms with E-state index < -0.39 is 0 Å². The summed E-state index contributed by atoms with van der Waals surface area (Å²) in [5.41, 5.74) is 6.37. The summed E-state index contributed by atoms with van der Waals surface area (Å²) in [6, 6.07) is 8.05. The van der Waals surface area contributed by atoms with Crippen molar-refractivity contribution in [3.63, 3.8) is 0 Å². The van der Waals surface area contributed by atoms with Gasteiger partial charge in [0.2, 0.25) is 5.91 Å². The molecule has 0 aliphatic rings. The molecule has 70 valence electrons. The summed E-state index contributed by atoms with van der Waals surface area (Å²) >= 11 is 1.49. The van der Waals surface area contributed by atoms with Gasteiger partial charge < -0.3 is 5.73 Å². The van der Waals surface area contributed by atoms with Crippen LogP contribution >= 0.6 is 11.8 Å². The van der Waals surface area contributed by atoms with Gasteiger partial charge >= 0.3 is 0 Å². The molecule has 0 saturated carbocycles. The van der Waals surface area contributed by atoms with E-state index in [4.69, 9.17) is 5.73 Å². The molecular weight excluding hydrogens is 182 g/mol. The maximum absolute atomic E-state index is 10.8. The minimum atomic E-state index is -0.273. The molecule has 3 heteroatoms. The molecule has 13 heavy (non-hydrogen) atoms. The number of rotatable bonds is 3. The van der Waals surface area contributed by atoms with Gasteiger partial charge in [-0.15, -0.1) is 11.8 Å². The third-order valence-corrected chi connectivity index (χ3v) is 2.86. The van der Waals surface area contributed by atoms with E-state index in [1.54, 1.807) is 0 Å². The lowest BCUT2D eigenvalue weighted by molar-refractivity contribution is -0.117. The Morgan fingerprint density at radius 3 is 2.38 bits per heavy atom. The topological polar surface area (TPSA) is 43.1 Å². The number of primary amides is 1. The first-order valence-corrected chi connectivity index (χ1v) is 5.00. The largest absolute Gasteiger partial charge is 0.369 e. The van der Waals surface area contributed by atoms with E-state index in [2.05, 4.69) is 0 Å². The Balaban J connectivity index is 2.64. The predicted molar refractivity (Wildman–Crippen MR) is 55.7 cm³/mol. The molecule has 0 fully saturated rings. The van der Waals surface area contributed by atoms with Crippen LogP contribution in [0, 0.1) is 6.92 Å². The van der Waals surface area contributed by atoms with Gasteiger partial charge in [0.15, 0.2) is 0 Å². The second-order valence-corrected chi connectivity index (χ2v) is 4.39. The molecule has 0 aromatic heterocycles. The van der Waals surface area contributed by atoms with Gasteiger partial charge in [0.25, 0.3) is 0 Å². The molecule has 1 atom stereocenters. The van der Waals surface area contributed by atoms with Crippen LogP contribution in [0.1, 0.15) is 12.5 Å². The van der Waals surface area contributed by atoms with Crippen molar-refractivity contribution in [1.82, 2.24) is 0 Å². The molecule has 0 saturated heterocycles. The number of carbonyl (C=O) groups is 1. The molecule has 0 aliphatic carbocycles. The van der Waals surface area contributed by atoms with Crippen LogP contribution in [0.3, 0.4) is 0 Å². The van der Waals surface area contributed by atoms with Crippen LogP contribution < -0.4 is 5.73 Å². The molecule has 0 radical (unpaired) electrons. The lowest BCUT2D eigenvalue weighted by Gasteiger charge is -2.06. The fourth-order valence-electron chi connectivity index (χ4n) is 0.879. The summed E-state index contributed by atoms with van der Waals surface area (Å²) in [5, 5.41) is -0.164. The molecule has 1 amide bonds. The first-order valence-electron chi connectivity index (χ1n) is 4.12. The number of aryl methyl sites for hydroxylation is 1. The van der Waals surface area contributed by atoms with Crippen LogP contribution in [0.15, 0.2) is 29.2 Å². The summed E-state index contributed by atoms with van der Waals surface area (Å²) in [6.07, 6.45) is 0. The highest BCUT2D eigenvalue weighted by atomic mass is 32.2. The summed E-state index contributed by atoms with van der Waals surface area (Å²) in [5.74, 6) is -0.273. The molecule has 1 unspecified atom stereocenters. The van der Waals surface area contributed by atoms with Crippen LogP contribution in [-0.2, 0) is 4.79 Å². The first-order chi connectivity index (χ1) is 6.09. The average Bonchev–Trinajstić information content (AvgIpc) is 2.08. The van der Waals surface area contributed by atoms with Gasteiger partial charge in [-0.3, -0.25) is 4.79 Å². The summed E-state index contributed by atoms with van der Waals surface area (Å²) in [6.45, 7) is 3.85. The highest BCUT2D eigenvalue weighted by molar-refractivity contribution is 8.00. The zero-order valence-corrected chi connectivity index (χ0v) is 8.60. The number of hydrogen-bond donors (Lipinski definition) is 1. The van der Waals surface area contributed by atoms with Gasteiger partial charge in [-0.05, 0) is 26.0 Å². The second-order valence-electron chi connectivity index (χ2n) is 2.98. The molecule has 1 aromatic carbocycles. The zero-order valence-electron chi connectivity index (χ0n) is 7.78. The molecule has 1 aromatic rings. The van der Waals surface area contributed by atoms with Gasteiger partial charge in [-0.25, -0.2) is 0 Å². The van der Waals surface area contributed by atoms with Crippen molar-refractivity contribution < 1.29 is 4.79 Å². The monoisotopic (exact) mass is 195 g/mol. The minimum Gasteiger partial charge on any atom is -0.369 e. The van der Waals surface area contributed by atoms with Gasteiger partial charge in [0.05, 0.1) is 5.25 Å². The molecule has 0 aliphatic heterocycles. The Bertz CT molecular complexity index is 294. The van der Waals surface area contributed by atoms with Gasteiger partial charge in [-0.1, -0.05) is 17.7 Å². The molecule has 0 heterocycles. The Labute approximate surface area is 82.5 Å². The van der Waals surface area contributed by atoms with Crippen LogP contribution in [0.4, 0.5) is 0 Å². The summed E-state index contributed by atoms with van der Waals surface area (Å²) in [4.78, 5) is 11.9. The fraction of sp³-hybridized carbons (Fsp3) is 0.300. The molecule has 1 rings (SSSR count). The number of amides is 1. The summed E-state index contributed by atoms with van der Waals surface area (Å²) in [7, 11) is 0. The van der Waals surface area contributed by atoms with Crippen molar-refractivity contribution >= 4 is 17.7 Å². The lowest BCUT2D eigenvalue weighted by Crippen LogP contribution is -2.22. The number of carbonyl (C=O) groups excluding carboxylic acids is 1. The predicted octanol–water partition coefficient (Wildman–Crippen LogP) is 1.96. The van der Waals surface area contributed by atoms with Crippen molar-refractivity contribution in [3.05, 3.63) is 29.8 Å². The Kier molecular flexibility index (Phi) is 3.37. The zero-order chi connectivity index (χ0) is 9.84. The number of benzene rings is 1. The quantitative estimate of drug-likeness (QED) is 0.749. The van der Waals surface area contributed by atoms with Gasteiger partial charge in [0, 0.05) is 4.90 Å². The lowest BCUT2D eigenvalue weighted by atomic mass is 10.2. The van der Waals surface area contributed by atoms with Crippen LogP contribution in [0.2, 0.25) is 0 Å². The molecule has 0 bridgehead atoms. The maximum Gasteiger partial charge on any atom is 0.230 e. The SMILES string of the molecule is Cc1ccc(SC(C)C(N)=O)cc1. The van der Waals surface area contributed by atoms with E-state index in [1.807, 2.05) is 38.1 Å². The maximum atomic E-state index is 10.8. The van der Waals surface area contributed by atoms with E-state index in [0.717, 1.165) is 4.90 Å². The third-order valence-electron chi connectivity index (χ3n) is 1.73. The number of thioether (sulfide) groups is 1. The van der Waals surface area contributed by atoms with Crippen molar-refractivity contribution in [2.45, 2.75) is 24.0 Å². The Morgan fingerprint density at radius 2 is 1.92 bits per heavy atom. The minimum absolute atomic E-state index is 0.164. The van der Waals surface area contributed by atoms with E-state index in [1.165, 1.54) is 17.3 Å². The van der Waals surface area contributed by atoms with Crippen molar-refractivity contribution in [1.29, 1.82) is 0 Å². The van der Waals surface area contributed by atoms with E-state index in [9.17, 15) is 4.79 Å². The smallest absolute Gasteiger partial charge is 0.230 e. The first kappa shape index (κ1) is 10.1. The van der Waals surface area contributed by atoms with Crippen LogP contribution in [0.5, 0.6) is 0 Å². The van der Waals surface area contributed by atoms with Crippen molar-refractivity contribution in [2.75, 3.05) is 0 Å². The van der Waals surface area contributed by atoms with Crippen LogP contribution in [-0.4, -0.2) is 11.2 Å². The summed E-state index contributed by atoms with van der Waals surface area (Å²) < 4.78 is 0. The van der Waals surface area contributed by atoms with Crippen molar-refractivity contribution in [3.8, 4) is 0 Å². The molecule has 2 N–H and O–H groups in total. The molecular formula is C10H13NOS. The van der Waals surface area contributed by atoms with Crippen molar-refractivity contribution in [2.24, 2.45) is 5.73 Å². The van der Waals surface area contributed by atoms with E-state index in [0.29, 0.717) is 0 Å². The van der Waals surface area contributed by atoms with E-state index in [-0.39, 0.29) is 11.2 Å². The molecule has 2 nitrogen and oxygen atoms in total. The van der Waals surface area contributed by atoms with Gasteiger partial charge in [0.1, 0.15) is 0 Å². The average molecular weight is 195 g/mol. The van der Waals surface area contributed by atoms with E-state index >= 15 is 0 Å². The highest BCUT2D eigenvalue weighted by Gasteiger charge is 2.09. The molecule has 0 spiro atoms. The Morgan fingerprint density at radius 1 is 1.38 bits per heavy atom. The second kappa shape index (κ2) is 4.33. The highest BCUT2D eigenvalue weighted by Crippen LogP contribution is 2.22. The third kappa shape index (κ3) is 3.11. The fourth-order valence-corrected chi connectivity index (χ4v) is 1.70. The normalized spacial score (nSPS) is 12.5. The van der Waals surface area contributed by atoms with Crippen LogP contribution in [0.25, 0.3) is 0 Å². The number of hydrogen-bond acceptors (Lipinski definition) is 2. The van der Waals surface area contributed by atoms with Gasteiger partial charge in [-0.2, -0.15) is 0 Å². The standard InChI is InChI=1S/C10H13NOS/c1-7-3-5-9(6-4-7)13-8(2)10(11)12/h3-6,8H,1-2H3,(H2,11,12). The Hall–Kier alpha value is -0.960. The number of nitrogens with two attached hydrogens (primary N) is 1.